The lowest BCUT2D eigenvalue weighted by Crippen LogP contribution is -2.37. The number of pyridine rings is 1. The molecule has 1 unspecified atom stereocenters. The van der Waals surface area contributed by atoms with E-state index in [-0.39, 0.29) is 0 Å². The fourth-order valence-corrected chi connectivity index (χ4v) is 2.99. The molecule has 17 heavy (non-hydrogen) atoms. The molecule has 3 nitrogen and oxygen atoms in total. The van der Waals surface area contributed by atoms with E-state index in [1.807, 2.05) is 6.20 Å². The third-order valence-corrected chi connectivity index (χ3v) is 3.97. The fraction of sp³-hybridized carbons (Fsp3) is 0.615. The van der Waals surface area contributed by atoms with Crippen LogP contribution < -0.4 is 4.90 Å². The molecule has 0 amide bonds. The smallest absolute Gasteiger partial charge is 0.131 e. The zero-order valence-corrected chi connectivity index (χ0v) is 12.4. The highest BCUT2D eigenvalue weighted by Crippen LogP contribution is 2.22. The van der Waals surface area contributed by atoms with E-state index in [4.69, 9.17) is 0 Å². The summed E-state index contributed by atoms with van der Waals surface area (Å²) in [6.45, 7) is 4.40. The molecule has 1 aromatic heterocycles. The van der Waals surface area contributed by atoms with Crippen molar-refractivity contribution < 1.29 is 0 Å². The van der Waals surface area contributed by atoms with Crippen molar-refractivity contribution >= 4 is 21.7 Å². The van der Waals surface area contributed by atoms with Crippen LogP contribution in [-0.2, 0) is 0 Å². The minimum absolute atomic E-state index is 0.671. The van der Waals surface area contributed by atoms with Gasteiger partial charge < -0.3 is 9.80 Å². The van der Waals surface area contributed by atoms with E-state index in [9.17, 15) is 0 Å². The highest BCUT2D eigenvalue weighted by atomic mass is 79.9. The van der Waals surface area contributed by atoms with Gasteiger partial charge in [0.2, 0.25) is 0 Å². The van der Waals surface area contributed by atoms with Crippen LogP contribution in [-0.4, -0.2) is 43.1 Å². The summed E-state index contributed by atoms with van der Waals surface area (Å²) < 4.78 is 1.05. The molecule has 4 heteroatoms. The van der Waals surface area contributed by atoms with Gasteiger partial charge in [0.15, 0.2) is 0 Å². The lowest BCUT2D eigenvalue weighted by molar-refractivity contribution is 0.314. The maximum absolute atomic E-state index is 4.51. The highest BCUT2D eigenvalue weighted by Gasteiger charge is 2.22. The minimum atomic E-state index is 0.671. The van der Waals surface area contributed by atoms with Crippen molar-refractivity contribution in [3.63, 3.8) is 0 Å². The second kappa shape index (κ2) is 5.36. The molecule has 0 bridgehead atoms. The first kappa shape index (κ1) is 12.8. The molecule has 1 aliphatic heterocycles. The maximum Gasteiger partial charge on any atom is 0.131 e. The zero-order valence-electron chi connectivity index (χ0n) is 10.8. The van der Waals surface area contributed by atoms with Gasteiger partial charge in [-0.25, -0.2) is 4.98 Å². The van der Waals surface area contributed by atoms with Gasteiger partial charge in [0.25, 0.3) is 0 Å². The van der Waals surface area contributed by atoms with Crippen LogP contribution in [0, 0.1) is 6.92 Å². The van der Waals surface area contributed by atoms with Gasteiger partial charge in [-0.2, -0.15) is 0 Å². The molecule has 0 aliphatic carbocycles. The van der Waals surface area contributed by atoms with Crippen molar-refractivity contribution in [2.45, 2.75) is 25.8 Å². The molecule has 0 spiro atoms. The molecule has 1 fully saturated rings. The van der Waals surface area contributed by atoms with Gasteiger partial charge in [-0.3, -0.25) is 0 Å². The monoisotopic (exact) mass is 297 g/mol. The average Bonchev–Trinajstić information content (AvgIpc) is 2.64. The van der Waals surface area contributed by atoms with E-state index in [2.05, 4.69) is 57.8 Å². The van der Waals surface area contributed by atoms with Crippen LogP contribution in [0.1, 0.15) is 18.4 Å². The average molecular weight is 298 g/mol. The number of hydrogen-bond donors (Lipinski definition) is 0. The minimum Gasteiger partial charge on any atom is -0.358 e. The maximum atomic E-state index is 4.51. The highest BCUT2D eigenvalue weighted by molar-refractivity contribution is 9.10. The Morgan fingerprint density at radius 2 is 2.35 bits per heavy atom. The molecule has 0 saturated carbocycles. The molecule has 1 atom stereocenters. The van der Waals surface area contributed by atoms with Crippen LogP contribution in [0.5, 0.6) is 0 Å². The normalized spacial score (nSPS) is 20.8. The van der Waals surface area contributed by atoms with Crippen LogP contribution in [0.15, 0.2) is 16.7 Å². The number of hydrogen-bond acceptors (Lipinski definition) is 3. The molecule has 2 rings (SSSR count). The van der Waals surface area contributed by atoms with Crippen molar-refractivity contribution in [2.24, 2.45) is 0 Å². The van der Waals surface area contributed by atoms with Crippen LogP contribution in [0.3, 0.4) is 0 Å². The van der Waals surface area contributed by atoms with Crippen LogP contribution >= 0.6 is 15.9 Å². The molecular formula is C13H20BrN3. The summed E-state index contributed by atoms with van der Waals surface area (Å²) in [6.07, 6.45) is 4.50. The summed E-state index contributed by atoms with van der Waals surface area (Å²) in [5.74, 6) is 1.09. The first-order chi connectivity index (χ1) is 8.08. The summed E-state index contributed by atoms with van der Waals surface area (Å²) in [5, 5.41) is 0. The van der Waals surface area contributed by atoms with Crippen molar-refractivity contribution in [1.82, 2.24) is 9.88 Å². The van der Waals surface area contributed by atoms with E-state index in [1.54, 1.807) is 0 Å². The summed E-state index contributed by atoms with van der Waals surface area (Å²) in [6, 6.07) is 2.79. The standard InChI is InChI=1S/C13H20BrN3/c1-10-7-11(14)8-15-13(10)17(3)9-12-5-4-6-16(12)2/h7-8,12H,4-6,9H2,1-3H3. The van der Waals surface area contributed by atoms with Crippen LogP contribution in [0.2, 0.25) is 0 Å². The molecule has 1 aromatic rings. The van der Waals surface area contributed by atoms with E-state index >= 15 is 0 Å². The molecule has 2 heterocycles. The molecular weight excluding hydrogens is 278 g/mol. The van der Waals surface area contributed by atoms with Gasteiger partial charge in [-0.1, -0.05) is 0 Å². The van der Waals surface area contributed by atoms with Gasteiger partial charge in [0.1, 0.15) is 5.82 Å². The number of aromatic nitrogens is 1. The second-order valence-electron chi connectivity index (χ2n) is 4.95. The number of likely N-dealkylation sites (N-methyl/N-ethyl adjacent to an activating group) is 2. The fourth-order valence-electron chi connectivity index (χ4n) is 2.55. The van der Waals surface area contributed by atoms with E-state index in [0.29, 0.717) is 6.04 Å². The lowest BCUT2D eigenvalue weighted by Gasteiger charge is -2.27. The van der Waals surface area contributed by atoms with E-state index in [0.717, 1.165) is 16.8 Å². The molecule has 0 aromatic carbocycles. The van der Waals surface area contributed by atoms with Gasteiger partial charge >= 0.3 is 0 Å². The van der Waals surface area contributed by atoms with Crippen molar-refractivity contribution in [2.75, 3.05) is 32.1 Å². The third kappa shape index (κ3) is 2.99. The molecule has 94 valence electrons. The van der Waals surface area contributed by atoms with E-state index < -0.39 is 0 Å². The summed E-state index contributed by atoms with van der Waals surface area (Å²) in [7, 11) is 4.35. The van der Waals surface area contributed by atoms with Gasteiger partial charge in [-0.05, 0) is 60.9 Å². The van der Waals surface area contributed by atoms with Crippen molar-refractivity contribution in [1.29, 1.82) is 0 Å². The van der Waals surface area contributed by atoms with Gasteiger partial charge in [0.05, 0.1) is 0 Å². The Kier molecular flexibility index (Phi) is 4.05. The molecule has 0 radical (unpaired) electrons. The Morgan fingerprint density at radius 3 is 2.94 bits per heavy atom. The predicted molar refractivity (Wildman–Crippen MR) is 75.6 cm³/mol. The Labute approximate surface area is 112 Å². The third-order valence-electron chi connectivity index (χ3n) is 3.53. The van der Waals surface area contributed by atoms with E-state index in [1.165, 1.54) is 24.9 Å². The Morgan fingerprint density at radius 1 is 1.59 bits per heavy atom. The number of aryl methyl sites for hydroxylation is 1. The zero-order chi connectivity index (χ0) is 12.4. The van der Waals surface area contributed by atoms with Crippen molar-refractivity contribution in [3.8, 4) is 0 Å². The summed E-state index contributed by atoms with van der Waals surface area (Å²) in [5.41, 5.74) is 1.22. The summed E-state index contributed by atoms with van der Waals surface area (Å²) in [4.78, 5) is 9.23. The van der Waals surface area contributed by atoms with Crippen LogP contribution in [0.25, 0.3) is 0 Å². The first-order valence-corrected chi connectivity index (χ1v) is 6.90. The van der Waals surface area contributed by atoms with Crippen LogP contribution in [0.4, 0.5) is 5.82 Å². The predicted octanol–water partition coefficient (Wildman–Crippen LogP) is 2.68. The first-order valence-electron chi connectivity index (χ1n) is 6.11. The molecule has 1 saturated heterocycles. The largest absolute Gasteiger partial charge is 0.358 e. The SMILES string of the molecule is Cc1cc(Br)cnc1N(C)CC1CCCN1C. The Hall–Kier alpha value is -0.610. The molecule has 1 aliphatic rings. The van der Waals surface area contributed by atoms with Gasteiger partial charge in [0, 0.05) is 30.3 Å². The molecule has 0 N–H and O–H groups in total. The summed E-state index contributed by atoms with van der Waals surface area (Å²) >= 11 is 3.45. The Balaban J connectivity index is 2.06. The number of rotatable bonds is 3. The lowest BCUT2D eigenvalue weighted by atomic mass is 10.2. The number of likely N-dealkylation sites (tertiary alicyclic amines) is 1. The number of nitrogens with zero attached hydrogens (tertiary/aromatic N) is 3. The quantitative estimate of drug-likeness (QED) is 0.855. The second-order valence-corrected chi connectivity index (χ2v) is 5.87. The number of halogens is 1. The van der Waals surface area contributed by atoms with Gasteiger partial charge in [-0.15, -0.1) is 0 Å². The topological polar surface area (TPSA) is 19.4 Å². The Bertz CT molecular complexity index is 394. The van der Waals surface area contributed by atoms with Crippen molar-refractivity contribution in [3.05, 3.63) is 22.3 Å². The number of anilines is 1.